The van der Waals surface area contributed by atoms with Crippen molar-refractivity contribution in [3.05, 3.63) is 65.9 Å². The van der Waals surface area contributed by atoms with Gasteiger partial charge in [0, 0.05) is 35.3 Å². The summed E-state index contributed by atoms with van der Waals surface area (Å²) in [6.07, 6.45) is 8.30. The van der Waals surface area contributed by atoms with E-state index in [2.05, 4.69) is 72.0 Å². The first-order chi connectivity index (χ1) is 19.2. The maximum atomic E-state index is 13.7. The second kappa shape index (κ2) is 14.2. The van der Waals surface area contributed by atoms with E-state index in [-0.39, 0.29) is 5.78 Å². The Kier molecular flexibility index (Phi) is 11.1. The molecule has 1 aliphatic heterocycles. The van der Waals surface area contributed by atoms with Crippen molar-refractivity contribution in [3.63, 3.8) is 0 Å². The number of aromatic amines is 1. The molecule has 214 valence electrons. The van der Waals surface area contributed by atoms with Crippen LogP contribution in [0.4, 0.5) is 5.69 Å². The van der Waals surface area contributed by atoms with Crippen molar-refractivity contribution >= 4 is 22.6 Å². The zero-order chi connectivity index (χ0) is 29.3. The summed E-state index contributed by atoms with van der Waals surface area (Å²) in [5, 5.41) is 0. The summed E-state index contributed by atoms with van der Waals surface area (Å²) in [6, 6.07) is 16.7. The lowest BCUT2D eigenvalue weighted by Gasteiger charge is -2.19. The van der Waals surface area contributed by atoms with Gasteiger partial charge in [-0.3, -0.25) is 4.79 Å². The van der Waals surface area contributed by atoms with Gasteiger partial charge in [0.1, 0.15) is 5.52 Å². The Hall–Kier alpha value is -3.47. The van der Waals surface area contributed by atoms with Crippen molar-refractivity contribution < 1.29 is 4.79 Å². The smallest absolute Gasteiger partial charge is 0.172 e. The van der Waals surface area contributed by atoms with Crippen LogP contribution in [0, 0.1) is 12.3 Å². The summed E-state index contributed by atoms with van der Waals surface area (Å²) in [6.45, 7) is 18.5. The number of fused-ring (bicyclic) bond motifs is 1. The van der Waals surface area contributed by atoms with Crippen LogP contribution in [0.5, 0.6) is 0 Å². The molecule has 0 amide bonds. The number of aromatic nitrogens is 3. The number of hydrogen-bond donors (Lipinski definition) is 1. The third kappa shape index (κ3) is 7.38. The Labute approximate surface area is 241 Å². The molecule has 5 rings (SSSR count). The third-order valence-corrected chi connectivity index (χ3v) is 7.04. The van der Waals surface area contributed by atoms with Crippen LogP contribution in [0.15, 0.2) is 54.7 Å². The Bertz CT molecular complexity index is 1390. The Morgan fingerprint density at radius 3 is 2.20 bits per heavy atom. The largest absolute Gasteiger partial charge is 0.372 e. The van der Waals surface area contributed by atoms with Gasteiger partial charge in [0.15, 0.2) is 11.4 Å². The van der Waals surface area contributed by atoms with Gasteiger partial charge in [0.25, 0.3) is 0 Å². The zero-order valence-electron chi connectivity index (χ0n) is 25.9. The summed E-state index contributed by atoms with van der Waals surface area (Å²) in [7, 11) is 0. The maximum absolute atomic E-state index is 13.7. The molecule has 1 N–H and O–H groups in total. The number of ketones is 1. The number of nitrogens with zero attached hydrogens (tertiary/aromatic N) is 3. The highest BCUT2D eigenvalue weighted by Crippen LogP contribution is 2.36. The first-order valence-corrected chi connectivity index (χ1v) is 15.1. The van der Waals surface area contributed by atoms with Crippen LogP contribution in [0.3, 0.4) is 0 Å². The minimum Gasteiger partial charge on any atom is -0.372 e. The van der Waals surface area contributed by atoms with Crippen molar-refractivity contribution in [2.45, 2.75) is 87.5 Å². The standard InChI is InChI=1S/C28H30N4O.C5H12.C2H6/c1-18-9-7-10-19(15-18)22-17-29-27-25(30-22)23(26(33)28(2,3)4)24(31-27)20-11-8-12-21(16-20)32-13-5-6-14-32;1-3-5-4-2;1-2/h7-12,15-17H,5-6,13-14H2,1-4H3,(H,29,31);3-5H2,1-2H3;1-2H3. The number of H-pyrrole nitrogens is 1. The number of carbonyl (C=O) groups is 1. The van der Waals surface area contributed by atoms with E-state index >= 15 is 0 Å². The Balaban J connectivity index is 0.000000570. The van der Waals surface area contributed by atoms with Gasteiger partial charge in [-0.15, -0.1) is 0 Å². The van der Waals surface area contributed by atoms with Gasteiger partial charge >= 0.3 is 0 Å². The number of hydrogen-bond acceptors (Lipinski definition) is 4. The van der Waals surface area contributed by atoms with E-state index in [9.17, 15) is 4.79 Å². The van der Waals surface area contributed by atoms with Crippen LogP contribution in [0.2, 0.25) is 0 Å². The fraction of sp³-hybridized carbons (Fsp3) is 0.457. The molecule has 0 spiro atoms. The summed E-state index contributed by atoms with van der Waals surface area (Å²) in [4.78, 5) is 29.1. The van der Waals surface area contributed by atoms with Crippen LogP contribution < -0.4 is 4.90 Å². The molecule has 2 aromatic carbocycles. The van der Waals surface area contributed by atoms with Crippen molar-refractivity contribution in [2.24, 2.45) is 5.41 Å². The molecule has 5 nitrogen and oxygen atoms in total. The van der Waals surface area contributed by atoms with E-state index in [4.69, 9.17) is 4.98 Å². The number of rotatable bonds is 6. The summed E-state index contributed by atoms with van der Waals surface area (Å²) >= 11 is 0. The van der Waals surface area contributed by atoms with Gasteiger partial charge < -0.3 is 9.88 Å². The Morgan fingerprint density at radius 2 is 1.60 bits per heavy atom. The van der Waals surface area contributed by atoms with Gasteiger partial charge in [0.05, 0.1) is 23.1 Å². The van der Waals surface area contributed by atoms with E-state index in [1.807, 2.05) is 46.8 Å². The van der Waals surface area contributed by atoms with Crippen molar-refractivity contribution in [2.75, 3.05) is 18.0 Å². The molecule has 0 radical (unpaired) electrons. The number of Topliss-reactive ketones (excluding diaryl/α,β-unsaturated/α-hetero) is 1. The highest BCUT2D eigenvalue weighted by molar-refractivity contribution is 6.13. The van der Waals surface area contributed by atoms with Crippen molar-refractivity contribution in [1.29, 1.82) is 0 Å². The second-order valence-corrected chi connectivity index (χ2v) is 11.4. The van der Waals surface area contributed by atoms with Gasteiger partial charge in [-0.2, -0.15) is 0 Å². The molecule has 1 saturated heterocycles. The molecule has 0 saturated carbocycles. The van der Waals surface area contributed by atoms with E-state index in [0.717, 1.165) is 41.2 Å². The Morgan fingerprint density at radius 1 is 0.950 bits per heavy atom. The van der Waals surface area contributed by atoms with Crippen molar-refractivity contribution in [3.8, 4) is 22.5 Å². The molecule has 0 unspecified atom stereocenters. The predicted molar refractivity (Wildman–Crippen MR) is 171 cm³/mol. The monoisotopic (exact) mass is 540 g/mol. The van der Waals surface area contributed by atoms with E-state index < -0.39 is 5.41 Å². The minimum absolute atomic E-state index is 0.0611. The lowest BCUT2D eigenvalue weighted by atomic mass is 9.85. The van der Waals surface area contributed by atoms with Gasteiger partial charge in [-0.1, -0.05) is 104 Å². The average Bonchev–Trinajstić information content (AvgIpc) is 3.62. The minimum atomic E-state index is -0.544. The SMILES string of the molecule is CC.CCCCC.Cc1cccc(-c2cnc3[nH]c(-c4cccc(N5CCCC5)c4)c(C(=O)C(C)(C)C)c3n2)c1. The molecular weight excluding hydrogens is 492 g/mol. The first-order valence-electron chi connectivity index (χ1n) is 15.1. The molecule has 3 heterocycles. The molecule has 0 bridgehead atoms. The van der Waals surface area contributed by atoms with Gasteiger partial charge in [-0.05, 0) is 38.0 Å². The number of unbranched alkanes of at least 4 members (excludes halogenated alkanes) is 2. The summed E-state index contributed by atoms with van der Waals surface area (Å²) < 4.78 is 0. The normalized spacial score (nSPS) is 12.9. The molecule has 40 heavy (non-hydrogen) atoms. The second-order valence-electron chi connectivity index (χ2n) is 11.4. The zero-order valence-corrected chi connectivity index (χ0v) is 25.9. The number of carbonyl (C=O) groups excluding carboxylic acids is 1. The topological polar surface area (TPSA) is 61.9 Å². The molecule has 4 aromatic rings. The average molecular weight is 541 g/mol. The number of benzene rings is 2. The molecule has 2 aromatic heterocycles. The van der Waals surface area contributed by atoms with Crippen LogP contribution in [0.1, 0.15) is 96.5 Å². The number of aryl methyl sites for hydroxylation is 1. The summed E-state index contributed by atoms with van der Waals surface area (Å²) in [5.41, 5.74) is 7.26. The predicted octanol–water partition coefficient (Wildman–Crippen LogP) is 9.65. The molecule has 5 heteroatoms. The van der Waals surface area contributed by atoms with Crippen LogP contribution in [-0.2, 0) is 0 Å². The fourth-order valence-corrected chi connectivity index (χ4v) is 4.90. The molecule has 0 atom stereocenters. The quantitative estimate of drug-likeness (QED) is 0.247. The lowest BCUT2D eigenvalue weighted by molar-refractivity contribution is 0.0860. The summed E-state index contributed by atoms with van der Waals surface area (Å²) in [5.74, 6) is 0.0611. The lowest BCUT2D eigenvalue weighted by Crippen LogP contribution is -2.21. The van der Waals surface area contributed by atoms with Crippen LogP contribution >= 0.6 is 0 Å². The van der Waals surface area contributed by atoms with Crippen LogP contribution in [0.25, 0.3) is 33.7 Å². The highest BCUT2D eigenvalue weighted by Gasteiger charge is 2.30. The number of anilines is 1. The highest BCUT2D eigenvalue weighted by atomic mass is 16.1. The van der Waals surface area contributed by atoms with E-state index in [1.54, 1.807) is 6.20 Å². The fourth-order valence-electron chi connectivity index (χ4n) is 4.90. The molecule has 0 aliphatic carbocycles. The first kappa shape index (κ1) is 31.1. The maximum Gasteiger partial charge on any atom is 0.172 e. The van der Waals surface area contributed by atoms with E-state index in [0.29, 0.717) is 16.7 Å². The van der Waals surface area contributed by atoms with E-state index in [1.165, 1.54) is 37.8 Å². The number of nitrogens with one attached hydrogen (secondary N) is 1. The molecular formula is C35H48N4O. The van der Waals surface area contributed by atoms with Crippen molar-refractivity contribution in [1.82, 2.24) is 15.0 Å². The molecule has 1 fully saturated rings. The molecule has 1 aliphatic rings. The van der Waals surface area contributed by atoms with Gasteiger partial charge in [0.2, 0.25) is 0 Å². The van der Waals surface area contributed by atoms with Gasteiger partial charge in [-0.25, -0.2) is 9.97 Å². The van der Waals surface area contributed by atoms with Crippen LogP contribution in [-0.4, -0.2) is 33.8 Å². The third-order valence-electron chi connectivity index (χ3n) is 7.04.